The van der Waals surface area contributed by atoms with Crippen molar-refractivity contribution < 1.29 is 14.3 Å². The van der Waals surface area contributed by atoms with E-state index in [-0.39, 0.29) is 11.4 Å². The van der Waals surface area contributed by atoms with Crippen LogP contribution in [0.4, 0.5) is 4.39 Å². The molecule has 19 heavy (non-hydrogen) atoms. The summed E-state index contributed by atoms with van der Waals surface area (Å²) in [5.74, 6) is -1.39. The second-order valence-corrected chi connectivity index (χ2v) is 4.84. The van der Waals surface area contributed by atoms with E-state index in [1.165, 1.54) is 31.0 Å². The van der Waals surface area contributed by atoms with Crippen molar-refractivity contribution >= 4 is 5.97 Å². The fraction of sp³-hybridized carbons (Fsp3) is 0.500. The lowest BCUT2D eigenvalue weighted by atomic mass is 10.1. The molecule has 0 amide bonds. The number of likely N-dealkylation sites (tertiary alicyclic amines) is 1. The molecule has 0 atom stereocenters. The number of hydrogen-bond donors (Lipinski definition) is 2. The lowest BCUT2D eigenvalue weighted by Gasteiger charge is -2.15. The molecule has 1 aliphatic heterocycles. The van der Waals surface area contributed by atoms with Crippen LogP contribution in [0.1, 0.15) is 28.8 Å². The van der Waals surface area contributed by atoms with Crippen LogP contribution in [0.15, 0.2) is 18.2 Å². The number of carboxylic acids is 1. The van der Waals surface area contributed by atoms with Gasteiger partial charge in [0.15, 0.2) is 0 Å². The van der Waals surface area contributed by atoms with E-state index in [1.807, 2.05) is 0 Å². The average molecular weight is 266 g/mol. The standard InChI is InChI=1S/C14H19FN2O2/c15-13-4-3-11(14(18)19)9-12(13)10-16-5-8-17-6-1-2-7-17/h3-4,9,16H,1-2,5-8,10H2,(H,18,19). The molecule has 1 aromatic carbocycles. The van der Waals surface area contributed by atoms with E-state index >= 15 is 0 Å². The Morgan fingerprint density at radius 1 is 1.37 bits per heavy atom. The molecule has 1 fully saturated rings. The van der Waals surface area contributed by atoms with Crippen LogP contribution in [0.3, 0.4) is 0 Å². The summed E-state index contributed by atoms with van der Waals surface area (Å²) in [6.07, 6.45) is 2.52. The van der Waals surface area contributed by atoms with Crippen LogP contribution in [0.5, 0.6) is 0 Å². The maximum Gasteiger partial charge on any atom is 0.335 e. The molecule has 0 saturated carbocycles. The third-order valence-corrected chi connectivity index (χ3v) is 3.41. The van der Waals surface area contributed by atoms with Gasteiger partial charge in [0, 0.05) is 25.2 Å². The molecule has 0 unspecified atom stereocenters. The quantitative estimate of drug-likeness (QED) is 0.770. The van der Waals surface area contributed by atoms with Crippen LogP contribution in [0.25, 0.3) is 0 Å². The highest BCUT2D eigenvalue weighted by Gasteiger charge is 2.11. The largest absolute Gasteiger partial charge is 0.478 e. The van der Waals surface area contributed by atoms with Crippen molar-refractivity contribution in [3.8, 4) is 0 Å². The number of benzene rings is 1. The van der Waals surface area contributed by atoms with E-state index in [2.05, 4.69) is 10.2 Å². The highest BCUT2D eigenvalue weighted by Crippen LogP contribution is 2.11. The Balaban J connectivity index is 1.81. The second-order valence-electron chi connectivity index (χ2n) is 4.84. The molecule has 1 aromatic rings. The fourth-order valence-corrected chi connectivity index (χ4v) is 2.31. The third kappa shape index (κ3) is 4.01. The zero-order chi connectivity index (χ0) is 13.7. The summed E-state index contributed by atoms with van der Waals surface area (Å²) in [6.45, 7) is 4.40. The van der Waals surface area contributed by atoms with E-state index in [0.717, 1.165) is 26.2 Å². The maximum absolute atomic E-state index is 13.5. The molecule has 1 heterocycles. The van der Waals surface area contributed by atoms with Gasteiger partial charge in [-0.25, -0.2) is 9.18 Å². The molecule has 1 aliphatic rings. The van der Waals surface area contributed by atoms with Gasteiger partial charge in [-0.15, -0.1) is 0 Å². The zero-order valence-electron chi connectivity index (χ0n) is 10.9. The van der Waals surface area contributed by atoms with Crippen molar-refractivity contribution in [2.45, 2.75) is 19.4 Å². The number of carboxylic acid groups (broad SMARTS) is 1. The van der Waals surface area contributed by atoms with E-state index in [1.54, 1.807) is 0 Å². The Kier molecular flexibility index (Phi) is 4.87. The minimum atomic E-state index is -1.03. The maximum atomic E-state index is 13.5. The lowest BCUT2D eigenvalue weighted by molar-refractivity contribution is 0.0696. The molecule has 5 heteroatoms. The Hall–Kier alpha value is -1.46. The molecule has 0 bridgehead atoms. The Labute approximate surface area is 112 Å². The van der Waals surface area contributed by atoms with Gasteiger partial charge in [0.1, 0.15) is 5.82 Å². The number of aromatic carboxylic acids is 1. The normalized spacial score (nSPS) is 15.8. The molecule has 0 spiro atoms. The molecule has 2 N–H and O–H groups in total. The average Bonchev–Trinajstić information content (AvgIpc) is 2.89. The van der Waals surface area contributed by atoms with Crippen LogP contribution in [-0.2, 0) is 6.54 Å². The van der Waals surface area contributed by atoms with Gasteiger partial charge in [-0.3, -0.25) is 0 Å². The summed E-state index contributed by atoms with van der Waals surface area (Å²) in [7, 11) is 0. The number of halogens is 1. The van der Waals surface area contributed by atoms with E-state index in [9.17, 15) is 9.18 Å². The van der Waals surface area contributed by atoms with E-state index in [0.29, 0.717) is 12.1 Å². The first kappa shape index (κ1) is 14.0. The topological polar surface area (TPSA) is 52.6 Å². The number of carbonyl (C=O) groups is 1. The van der Waals surface area contributed by atoms with Gasteiger partial charge in [0.25, 0.3) is 0 Å². The summed E-state index contributed by atoms with van der Waals surface area (Å²) in [4.78, 5) is 13.2. The number of rotatable bonds is 6. The van der Waals surface area contributed by atoms with Gasteiger partial charge in [-0.2, -0.15) is 0 Å². The van der Waals surface area contributed by atoms with Crippen molar-refractivity contribution in [2.24, 2.45) is 0 Å². The summed E-state index contributed by atoms with van der Waals surface area (Å²) >= 11 is 0. The monoisotopic (exact) mass is 266 g/mol. The molecule has 2 rings (SSSR count). The second kappa shape index (κ2) is 6.63. The van der Waals surface area contributed by atoms with Gasteiger partial charge in [-0.1, -0.05) is 0 Å². The number of nitrogens with zero attached hydrogens (tertiary/aromatic N) is 1. The van der Waals surface area contributed by atoms with Crippen molar-refractivity contribution in [1.29, 1.82) is 0 Å². The Bertz CT molecular complexity index is 445. The Morgan fingerprint density at radius 3 is 2.79 bits per heavy atom. The van der Waals surface area contributed by atoms with Gasteiger partial charge >= 0.3 is 5.97 Å². The predicted octanol–water partition coefficient (Wildman–Crippen LogP) is 1.71. The van der Waals surface area contributed by atoms with Crippen LogP contribution >= 0.6 is 0 Å². The first-order valence-electron chi connectivity index (χ1n) is 6.61. The van der Waals surface area contributed by atoms with Crippen LogP contribution in [-0.4, -0.2) is 42.2 Å². The summed E-state index contributed by atoms with van der Waals surface area (Å²) in [6, 6.07) is 3.88. The van der Waals surface area contributed by atoms with Crippen molar-refractivity contribution in [1.82, 2.24) is 10.2 Å². The van der Waals surface area contributed by atoms with E-state index < -0.39 is 5.97 Å². The predicted molar refractivity (Wildman–Crippen MR) is 70.7 cm³/mol. The first-order valence-corrected chi connectivity index (χ1v) is 6.61. The fourth-order valence-electron chi connectivity index (χ4n) is 2.31. The molecule has 1 saturated heterocycles. The highest BCUT2D eigenvalue weighted by molar-refractivity contribution is 5.87. The first-order chi connectivity index (χ1) is 9.16. The SMILES string of the molecule is O=C(O)c1ccc(F)c(CNCCN2CCCC2)c1. The minimum Gasteiger partial charge on any atom is -0.478 e. The molecule has 0 aliphatic carbocycles. The third-order valence-electron chi connectivity index (χ3n) is 3.41. The van der Waals surface area contributed by atoms with Crippen molar-refractivity contribution in [3.05, 3.63) is 35.1 Å². The van der Waals surface area contributed by atoms with Crippen molar-refractivity contribution in [2.75, 3.05) is 26.2 Å². The van der Waals surface area contributed by atoms with Gasteiger partial charge < -0.3 is 15.3 Å². The van der Waals surface area contributed by atoms with Gasteiger partial charge in [0.2, 0.25) is 0 Å². The van der Waals surface area contributed by atoms with Gasteiger partial charge in [-0.05, 0) is 44.1 Å². The van der Waals surface area contributed by atoms with Gasteiger partial charge in [0.05, 0.1) is 5.56 Å². The minimum absolute atomic E-state index is 0.123. The van der Waals surface area contributed by atoms with E-state index in [4.69, 9.17) is 5.11 Å². The smallest absolute Gasteiger partial charge is 0.335 e. The summed E-state index contributed by atoms with van der Waals surface area (Å²) in [5, 5.41) is 12.0. The van der Waals surface area contributed by atoms with Crippen molar-refractivity contribution in [3.63, 3.8) is 0 Å². The highest BCUT2D eigenvalue weighted by atomic mass is 19.1. The molecule has 0 radical (unpaired) electrons. The van der Waals surface area contributed by atoms with Crippen LogP contribution < -0.4 is 5.32 Å². The lowest BCUT2D eigenvalue weighted by Crippen LogP contribution is -2.29. The van der Waals surface area contributed by atoms with Crippen LogP contribution in [0.2, 0.25) is 0 Å². The zero-order valence-corrected chi connectivity index (χ0v) is 10.9. The molecular weight excluding hydrogens is 247 g/mol. The Morgan fingerprint density at radius 2 is 2.11 bits per heavy atom. The van der Waals surface area contributed by atoms with Crippen LogP contribution in [0, 0.1) is 5.82 Å². The number of hydrogen-bond acceptors (Lipinski definition) is 3. The molecular formula is C14H19FN2O2. The number of nitrogens with one attached hydrogen (secondary N) is 1. The summed E-state index contributed by atoms with van der Waals surface area (Å²) in [5.41, 5.74) is 0.527. The summed E-state index contributed by atoms with van der Waals surface area (Å²) < 4.78 is 13.5. The molecule has 4 nitrogen and oxygen atoms in total. The molecule has 104 valence electrons. The molecule has 0 aromatic heterocycles.